The first-order chi connectivity index (χ1) is 14.1. The van der Waals surface area contributed by atoms with Gasteiger partial charge in [-0.2, -0.15) is 0 Å². The van der Waals surface area contributed by atoms with Crippen LogP contribution in [-0.2, 0) is 11.2 Å². The van der Waals surface area contributed by atoms with E-state index >= 15 is 0 Å². The monoisotopic (exact) mass is 399 g/mol. The van der Waals surface area contributed by atoms with E-state index in [0.717, 1.165) is 43.2 Å². The number of ether oxygens (including phenoxy) is 1. The number of rotatable bonds is 8. The Labute approximate surface area is 172 Å². The molecule has 1 aliphatic heterocycles. The molecule has 0 spiro atoms. The molecule has 0 unspecified atom stereocenters. The number of benzene rings is 2. The molecule has 0 bridgehead atoms. The number of amides is 1. The van der Waals surface area contributed by atoms with Gasteiger partial charge in [0, 0.05) is 32.7 Å². The Kier molecular flexibility index (Phi) is 7.47. The molecule has 3 rings (SSSR count). The molecule has 5 nitrogen and oxygen atoms in total. The van der Waals surface area contributed by atoms with Gasteiger partial charge in [-0.15, -0.1) is 0 Å². The summed E-state index contributed by atoms with van der Waals surface area (Å²) in [5.74, 6) is 0.708. The molecule has 6 heteroatoms. The second-order valence-electron chi connectivity index (χ2n) is 7.27. The molecular weight excluding hydrogens is 369 g/mol. The molecule has 29 heavy (non-hydrogen) atoms. The number of nitrogens with zero attached hydrogens (tertiary/aromatic N) is 2. The predicted octanol–water partition coefficient (Wildman–Crippen LogP) is 3.09. The SMILES string of the molecule is CCOc1ccccc1N1CCN([C@@H](C)C(=O)NCCc2ccc(F)cc2)CC1. The molecule has 1 amide bonds. The average molecular weight is 400 g/mol. The number of hydrogen-bond acceptors (Lipinski definition) is 4. The van der Waals surface area contributed by atoms with Crippen LogP contribution in [0.4, 0.5) is 10.1 Å². The number of para-hydroxylation sites is 2. The van der Waals surface area contributed by atoms with Crippen molar-refractivity contribution in [3.05, 3.63) is 59.9 Å². The highest BCUT2D eigenvalue weighted by Gasteiger charge is 2.26. The third kappa shape index (κ3) is 5.70. The van der Waals surface area contributed by atoms with Crippen LogP contribution in [0.15, 0.2) is 48.5 Å². The Morgan fingerprint density at radius 1 is 1.10 bits per heavy atom. The maximum absolute atomic E-state index is 13.0. The van der Waals surface area contributed by atoms with Crippen LogP contribution < -0.4 is 15.0 Å². The van der Waals surface area contributed by atoms with Crippen LogP contribution in [0.2, 0.25) is 0 Å². The second kappa shape index (κ2) is 10.3. The predicted molar refractivity (Wildman–Crippen MR) is 114 cm³/mol. The van der Waals surface area contributed by atoms with Gasteiger partial charge < -0.3 is 15.0 Å². The number of anilines is 1. The van der Waals surface area contributed by atoms with Crippen molar-refractivity contribution in [3.8, 4) is 5.75 Å². The number of carbonyl (C=O) groups excluding carboxylic acids is 1. The number of hydrogen-bond donors (Lipinski definition) is 1. The van der Waals surface area contributed by atoms with Crippen molar-refractivity contribution >= 4 is 11.6 Å². The molecule has 2 aromatic rings. The Morgan fingerprint density at radius 3 is 2.48 bits per heavy atom. The van der Waals surface area contributed by atoms with Crippen molar-refractivity contribution in [2.24, 2.45) is 0 Å². The summed E-state index contributed by atoms with van der Waals surface area (Å²) in [6.07, 6.45) is 0.695. The van der Waals surface area contributed by atoms with Gasteiger partial charge in [-0.05, 0) is 50.1 Å². The topological polar surface area (TPSA) is 44.8 Å². The molecule has 0 aliphatic carbocycles. The van der Waals surface area contributed by atoms with Gasteiger partial charge in [0.2, 0.25) is 5.91 Å². The van der Waals surface area contributed by atoms with Crippen molar-refractivity contribution < 1.29 is 13.9 Å². The molecule has 0 saturated carbocycles. The second-order valence-corrected chi connectivity index (χ2v) is 7.27. The summed E-state index contributed by atoms with van der Waals surface area (Å²) in [5.41, 5.74) is 2.13. The van der Waals surface area contributed by atoms with Crippen LogP contribution in [-0.4, -0.2) is 56.2 Å². The van der Waals surface area contributed by atoms with Gasteiger partial charge in [0.25, 0.3) is 0 Å². The minimum Gasteiger partial charge on any atom is -0.492 e. The minimum atomic E-state index is -0.241. The number of piperazine rings is 1. The van der Waals surface area contributed by atoms with Crippen molar-refractivity contribution in [2.45, 2.75) is 26.3 Å². The van der Waals surface area contributed by atoms with Gasteiger partial charge in [0.15, 0.2) is 0 Å². The van der Waals surface area contributed by atoms with Crippen LogP contribution in [0.1, 0.15) is 19.4 Å². The van der Waals surface area contributed by atoms with Crippen LogP contribution >= 0.6 is 0 Å². The molecule has 0 radical (unpaired) electrons. The van der Waals surface area contributed by atoms with Gasteiger partial charge in [-0.1, -0.05) is 24.3 Å². The highest BCUT2D eigenvalue weighted by Crippen LogP contribution is 2.29. The maximum Gasteiger partial charge on any atom is 0.237 e. The quantitative estimate of drug-likeness (QED) is 0.741. The number of nitrogens with one attached hydrogen (secondary N) is 1. The fourth-order valence-electron chi connectivity index (χ4n) is 3.64. The Balaban J connectivity index is 1.46. The van der Waals surface area contributed by atoms with E-state index in [-0.39, 0.29) is 17.8 Å². The molecule has 1 heterocycles. The highest BCUT2D eigenvalue weighted by atomic mass is 19.1. The largest absolute Gasteiger partial charge is 0.492 e. The summed E-state index contributed by atoms with van der Waals surface area (Å²) in [6.45, 7) is 8.51. The molecular formula is C23H30FN3O2. The van der Waals surface area contributed by atoms with E-state index in [1.807, 2.05) is 32.0 Å². The Morgan fingerprint density at radius 2 is 1.79 bits per heavy atom. The van der Waals surface area contributed by atoms with Crippen molar-refractivity contribution in [1.82, 2.24) is 10.2 Å². The molecule has 1 fully saturated rings. The van der Waals surface area contributed by atoms with Crippen molar-refractivity contribution in [1.29, 1.82) is 0 Å². The van der Waals surface area contributed by atoms with E-state index in [2.05, 4.69) is 21.2 Å². The number of carbonyl (C=O) groups is 1. The smallest absolute Gasteiger partial charge is 0.237 e. The van der Waals surface area contributed by atoms with E-state index in [1.165, 1.54) is 12.1 Å². The van der Waals surface area contributed by atoms with Gasteiger partial charge in [0.05, 0.1) is 18.3 Å². The van der Waals surface area contributed by atoms with Crippen LogP contribution in [0, 0.1) is 5.82 Å². The molecule has 1 saturated heterocycles. The average Bonchev–Trinajstić information content (AvgIpc) is 2.75. The summed E-state index contributed by atoms with van der Waals surface area (Å²) < 4.78 is 18.7. The zero-order chi connectivity index (χ0) is 20.6. The summed E-state index contributed by atoms with van der Waals surface area (Å²) in [6, 6.07) is 14.3. The van der Waals surface area contributed by atoms with Gasteiger partial charge >= 0.3 is 0 Å². The lowest BCUT2D eigenvalue weighted by Crippen LogP contribution is -2.54. The maximum atomic E-state index is 13.0. The first-order valence-corrected chi connectivity index (χ1v) is 10.3. The van der Waals surface area contributed by atoms with E-state index in [1.54, 1.807) is 12.1 Å². The van der Waals surface area contributed by atoms with E-state index in [0.29, 0.717) is 19.6 Å². The zero-order valence-electron chi connectivity index (χ0n) is 17.2. The zero-order valence-corrected chi connectivity index (χ0v) is 17.2. The van der Waals surface area contributed by atoms with Crippen LogP contribution in [0.5, 0.6) is 5.75 Å². The van der Waals surface area contributed by atoms with E-state index < -0.39 is 0 Å². The molecule has 1 atom stereocenters. The Hall–Kier alpha value is -2.60. The molecule has 0 aromatic heterocycles. The number of halogens is 1. The molecule has 156 valence electrons. The summed E-state index contributed by atoms with van der Waals surface area (Å²) in [4.78, 5) is 17.1. The third-order valence-electron chi connectivity index (χ3n) is 5.37. The molecule has 1 N–H and O–H groups in total. The lowest BCUT2D eigenvalue weighted by molar-refractivity contribution is -0.125. The van der Waals surface area contributed by atoms with E-state index in [9.17, 15) is 9.18 Å². The van der Waals surface area contributed by atoms with Gasteiger partial charge in [-0.25, -0.2) is 4.39 Å². The van der Waals surface area contributed by atoms with Crippen molar-refractivity contribution in [3.63, 3.8) is 0 Å². The van der Waals surface area contributed by atoms with Crippen molar-refractivity contribution in [2.75, 3.05) is 44.2 Å². The third-order valence-corrected chi connectivity index (χ3v) is 5.37. The first-order valence-electron chi connectivity index (χ1n) is 10.3. The van der Waals surface area contributed by atoms with Crippen LogP contribution in [0.3, 0.4) is 0 Å². The first kappa shape index (κ1) is 21.1. The standard InChI is InChI=1S/C23H30FN3O2/c1-3-29-22-7-5-4-6-21(22)27-16-14-26(15-17-27)18(2)23(28)25-13-12-19-8-10-20(24)11-9-19/h4-11,18H,3,12-17H2,1-2H3,(H,25,28)/t18-/m0/s1. The fraction of sp³-hybridized carbons (Fsp3) is 0.435. The normalized spacial score (nSPS) is 15.8. The van der Waals surface area contributed by atoms with Gasteiger partial charge in [-0.3, -0.25) is 9.69 Å². The van der Waals surface area contributed by atoms with E-state index in [4.69, 9.17) is 4.74 Å². The Bertz CT molecular complexity index is 789. The minimum absolute atomic E-state index is 0.0373. The lowest BCUT2D eigenvalue weighted by atomic mass is 10.1. The summed E-state index contributed by atoms with van der Waals surface area (Å²) in [7, 11) is 0. The fourth-order valence-corrected chi connectivity index (χ4v) is 3.64. The molecule has 1 aliphatic rings. The lowest BCUT2D eigenvalue weighted by Gasteiger charge is -2.39. The van der Waals surface area contributed by atoms with Crippen LogP contribution in [0.25, 0.3) is 0 Å². The highest BCUT2D eigenvalue weighted by molar-refractivity contribution is 5.81. The molecule has 2 aromatic carbocycles. The summed E-state index contributed by atoms with van der Waals surface area (Å²) in [5, 5.41) is 3.00. The van der Waals surface area contributed by atoms with Gasteiger partial charge in [0.1, 0.15) is 11.6 Å². The summed E-state index contributed by atoms with van der Waals surface area (Å²) >= 11 is 0.